The molecule has 3 aromatic rings. The van der Waals surface area contributed by atoms with Crippen LogP contribution in [-0.2, 0) is 35.3 Å². The van der Waals surface area contributed by atoms with Gasteiger partial charge in [-0.05, 0) is 43.0 Å². The summed E-state index contributed by atoms with van der Waals surface area (Å²) in [4.78, 5) is 29.3. The quantitative estimate of drug-likeness (QED) is 0.636. The number of thiazole rings is 1. The molecule has 0 spiro atoms. The van der Waals surface area contributed by atoms with Gasteiger partial charge < -0.3 is 10.1 Å². The number of carbonyl (C=O) groups is 1. The van der Waals surface area contributed by atoms with E-state index in [0.717, 1.165) is 73.3 Å². The van der Waals surface area contributed by atoms with Gasteiger partial charge in [-0.25, -0.2) is 15.0 Å². The van der Waals surface area contributed by atoms with Crippen molar-refractivity contribution in [3.05, 3.63) is 52.3 Å². The number of aryl methyl sites for hydroxylation is 2. The molecule has 1 aromatic carbocycles. The summed E-state index contributed by atoms with van der Waals surface area (Å²) in [7, 11) is 0. The molecule has 7 nitrogen and oxygen atoms in total. The van der Waals surface area contributed by atoms with Crippen LogP contribution >= 0.6 is 11.3 Å². The second-order valence-electron chi connectivity index (χ2n) is 8.04. The van der Waals surface area contributed by atoms with E-state index >= 15 is 0 Å². The number of hydrogen-bond acceptors (Lipinski definition) is 8. The maximum absolute atomic E-state index is 11.4. The zero-order chi connectivity index (χ0) is 21.2. The van der Waals surface area contributed by atoms with Gasteiger partial charge in [-0.2, -0.15) is 0 Å². The summed E-state index contributed by atoms with van der Waals surface area (Å²) in [5.41, 5.74) is 5.17. The Labute approximate surface area is 185 Å². The molecule has 0 amide bonds. The number of ether oxygens (including phenoxy) is 1. The van der Waals surface area contributed by atoms with Gasteiger partial charge in [-0.3, -0.25) is 9.69 Å². The first-order valence-electron chi connectivity index (χ1n) is 10.6. The predicted molar refractivity (Wildman–Crippen MR) is 121 cm³/mol. The Morgan fingerprint density at radius 2 is 2.10 bits per heavy atom. The van der Waals surface area contributed by atoms with Crippen molar-refractivity contribution in [2.75, 3.05) is 31.6 Å². The van der Waals surface area contributed by atoms with E-state index in [1.807, 2.05) is 30.5 Å². The lowest BCUT2D eigenvalue weighted by molar-refractivity contribution is -0.116. The lowest BCUT2D eigenvalue weighted by Gasteiger charge is -2.25. The minimum atomic E-state index is 0.146. The Bertz CT molecular complexity index is 1110. The molecule has 160 valence electrons. The fourth-order valence-electron chi connectivity index (χ4n) is 4.05. The number of ketones is 1. The number of aromatic nitrogens is 3. The van der Waals surface area contributed by atoms with Gasteiger partial charge in [0.15, 0.2) is 0 Å². The van der Waals surface area contributed by atoms with E-state index in [4.69, 9.17) is 14.7 Å². The van der Waals surface area contributed by atoms with Crippen molar-refractivity contribution in [1.82, 2.24) is 19.9 Å². The molecule has 0 atom stereocenters. The van der Waals surface area contributed by atoms with Crippen LogP contribution in [0.25, 0.3) is 10.6 Å². The normalized spacial score (nSPS) is 15.9. The number of nitrogens with zero attached hydrogens (tertiary/aromatic N) is 4. The molecule has 1 aliphatic carbocycles. The van der Waals surface area contributed by atoms with Crippen LogP contribution in [0.3, 0.4) is 0 Å². The molecule has 1 fully saturated rings. The third kappa shape index (κ3) is 4.66. The molecule has 3 heterocycles. The van der Waals surface area contributed by atoms with Crippen molar-refractivity contribution in [2.24, 2.45) is 0 Å². The van der Waals surface area contributed by atoms with Crippen molar-refractivity contribution >= 4 is 28.8 Å². The van der Waals surface area contributed by atoms with Crippen LogP contribution in [0.4, 0.5) is 11.6 Å². The molecule has 1 aliphatic heterocycles. The molecule has 2 aliphatic rings. The van der Waals surface area contributed by atoms with Crippen LogP contribution in [0.1, 0.15) is 28.8 Å². The van der Waals surface area contributed by atoms with Crippen molar-refractivity contribution in [3.8, 4) is 10.6 Å². The minimum Gasteiger partial charge on any atom is -0.379 e. The second-order valence-corrected chi connectivity index (χ2v) is 9.13. The Balaban J connectivity index is 1.37. The van der Waals surface area contributed by atoms with Crippen molar-refractivity contribution in [3.63, 3.8) is 0 Å². The lowest BCUT2D eigenvalue weighted by atomic mass is 10.00. The number of hydrogen-bond donors (Lipinski definition) is 1. The highest BCUT2D eigenvalue weighted by Crippen LogP contribution is 2.37. The molecule has 31 heavy (non-hydrogen) atoms. The van der Waals surface area contributed by atoms with Crippen LogP contribution < -0.4 is 5.32 Å². The Morgan fingerprint density at radius 3 is 2.94 bits per heavy atom. The zero-order valence-electron chi connectivity index (χ0n) is 17.6. The van der Waals surface area contributed by atoms with Crippen LogP contribution in [0.5, 0.6) is 0 Å². The molecule has 0 radical (unpaired) electrons. The van der Waals surface area contributed by atoms with E-state index in [9.17, 15) is 4.79 Å². The number of fused-ring (bicyclic) bond motifs is 3. The molecule has 1 saturated heterocycles. The van der Waals surface area contributed by atoms with Gasteiger partial charge in [0.05, 0.1) is 36.0 Å². The van der Waals surface area contributed by atoms with Gasteiger partial charge in [0.1, 0.15) is 10.8 Å². The Hall–Kier alpha value is -2.68. The third-order valence-electron chi connectivity index (χ3n) is 5.55. The zero-order valence-corrected chi connectivity index (χ0v) is 18.4. The molecular weight excluding hydrogens is 410 g/mol. The fourth-order valence-corrected chi connectivity index (χ4v) is 5.23. The average Bonchev–Trinajstić information content (AvgIpc) is 3.17. The monoisotopic (exact) mass is 435 g/mol. The van der Waals surface area contributed by atoms with E-state index in [1.54, 1.807) is 18.3 Å². The van der Waals surface area contributed by atoms with Crippen LogP contribution in [0, 0.1) is 0 Å². The van der Waals surface area contributed by atoms with Gasteiger partial charge in [-0.1, -0.05) is 12.1 Å². The van der Waals surface area contributed by atoms with E-state index < -0.39 is 0 Å². The summed E-state index contributed by atoms with van der Waals surface area (Å²) >= 11 is 1.75. The number of anilines is 2. The second kappa shape index (κ2) is 8.82. The SMILES string of the molecule is CC(=O)Cc1cccc(Nc2ncc3c(n2)-c2sc(CN4CCOCC4)nc2CC3)c1. The Kier molecular flexibility index (Phi) is 5.76. The predicted octanol–water partition coefficient (Wildman–Crippen LogP) is 3.41. The molecule has 1 N–H and O–H groups in total. The number of Topliss-reactive ketones (excluding diaryl/α,β-unsaturated/α-hetero) is 1. The number of rotatable bonds is 6. The number of carbonyl (C=O) groups excluding carboxylic acids is 1. The molecular formula is C23H25N5O2S. The molecule has 0 bridgehead atoms. The summed E-state index contributed by atoms with van der Waals surface area (Å²) < 4.78 is 5.45. The van der Waals surface area contributed by atoms with E-state index in [0.29, 0.717) is 12.4 Å². The molecule has 8 heteroatoms. The van der Waals surface area contributed by atoms with E-state index in [-0.39, 0.29) is 5.78 Å². The summed E-state index contributed by atoms with van der Waals surface area (Å²) in [6, 6.07) is 7.84. The fraction of sp³-hybridized carbons (Fsp3) is 0.391. The van der Waals surface area contributed by atoms with Crippen molar-refractivity contribution in [1.29, 1.82) is 0 Å². The summed E-state index contributed by atoms with van der Waals surface area (Å²) in [5, 5.41) is 4.44. The maximum Gasteiger partial charge on any atom is 0.227 e. The van der Waals surface area contributed by atoms with Gasteiger partial charge in [0.2, 0.25) is 5.95 Å². The summed E-state index contributed by atoms with van der Waals surface area (Å²) in [5.74, 6) is 0.711. The number of benzene rings is 1. The first kappa shape index (κ1) is 20.2. The largest absolute Gasteiger partial charge is 0.379 e. The minimum absolute atomic E-state index is 0.146. The highest BCUT2D eigenvalue weighted by molar-refractivity contribution is 7.15. The smallest absolute Gasteiger partial charge is 0.227 e. The van der Waals surface area contributed by atoms with Crippen molar-refractivity contribution in [2.45, 2.75) is 32.7 Å². The topological polar surface area (TPSA) is 80.2 Å². The van der Waals surface area contributed by atoms with Gasteiger partial charge in [0.25, 0.3) is 0 Å². The molecule has 0 saturated carbocycles. The van der Waals surface area contributed by atoms with Crippen LogP contribution in [-0.4, -0.2) is 51.9 Å². The van der Waals surface area contributed by atoms with Crippen LogP contribution in [0.2, 0.25) is 0 Å². The van der Waals surface area contributed by atoms with Gasteiger partial charge in [0, 0.05) is 31.4 Å². The van der Waals surface area contributed by atoms with Gasteiger partial charge >= 0.3 is 0 Å². The number of morpholine rings is 1. The van der Waals surface area contributed by atoms with E-state index in [2.05, 4.69) is 15.2 Å². The standard InChI is InChI=1S/C23H25N5O2S/c1-15(29)11-16-3-2-4-18(12-16)25-23-24-13-17-5-6-19-22(21(17)27-23)31-20(26-19)14-28-7-9-30-10-8-28/h2-4,12-13H,5-11,14H2,1H3,(H,24,25,27). The first-order chi connectivity index (χ1) is 15.1. The number of nitrogens with one attached hydrogen (secondary N) is 1. The van der Waals surface area contributed by atoms with E-state index in [1.165, 1.54) is 10.4 Å². The first-order valence-corrected chi connectivity index (χ1v) is 11.5. The molecule has 5 rings (SSSR count). The highest BCUT2D eigenvalue weighted by Gasteiger charge is 2.24. The maximum atomic E-state index is 11.4. The average molecular weight is 436 g/mol. The molecule has 2 aromatic heterocycles. The summed E-state index contributed by atoms with van der Waals surface area (Å²) in [6.07, 6.45) is 4.20. The third-order valence-corrected chi connectivity index (χ3v) is 6.64. The van der Waals surface area contributed by atoms with Gasteiger partial charge in [-0.15, -0.1) is 11.3 Å². The Morgan fingerprint density at radius 1 is 1.23 bits per heavy atom. The molecule has 0 unspecified atom stereocenters. The van der Waals surface area contributed by atoms with Crippen LogP contribution in [0.15, 0.2) is 30.5 Å². The summed E-state index contributed by atoms with van der Waals surface area (Å²) in [6.45, 7) is 5.98. The van der Waals surface area contributed by atoms with Crippen molar-refractivity contribution < 1.29 is 9.53 Å². The lowest BCUT2D eigenvalue weighted by Crippen LogP contribution is -2.35. The highest BCUT2D eigenvalue weighted by atomic mass is 32.1.